The molecular weight excluding hydrogens is 266 g/mol. The van der Waals surface area contributed by atoms with Gasteiger partial charge in [-0.25, -0.2) is 4.98 Å². The van der Waals surface area contributed by atoms with Crippen LogP contribution in [0.4, 0.5) is 0 Å². The Morgan fingerprint density at radius 3 is 2.85 bits per heavy atom. The highest BCUT2D eigenvalue weighted by molar-refractivity contribution is 7.09. The van der Waals surface area contributed by atoms with Gasteiger partial charge in [0, 0.05) is 49.2 Å². The van der Waals surface area contributed by atoms with E-state index in [1.54, 1.807) is 11.3 Å². The number of nitrogens with zero attached hydrogens (tertiary/aromatic N) is 2. The third kappa shape index (κ3) is 3.80. The van der Waals surface area contributed by atoms with Gasteiger partial charge in [0.1, 0.15) is 0 Å². The molecule has 4 atom stereocenters. The molecule has 114 valence electrons. The van der Waals surface area contributed by atoms with Crippen LogP contribution in [-0.4, -0.2) is 41.6 Å². The molecule has 0 radical (unpaired) electrons. The van der Waals surface area contributed by atoms with E-state index in [0.29, 0.717) is 18.0 Å². The molecule has 0 aromatic carbocycles. The molecule has 1 aromatic rings. The Morgan fingerprint density at radius 2 is 2.25 bits per heavy atom. The van der Waals surface area contributed by atoms with Crippen molar-refractivity contribution in [2.45, 2.75) is 58.5 Å². The minimum absolute atomic E-state index is 0.541. The van der Waals surface area contributed by atoms with Crippen LogP contribution in [0.2, 0.25) is 0 Å². The molecule has 0 amide bonds. The lowest BCUT2D eigenvalue weighted by Crippen LogP contribution is -2.58. The van der Waals surface area contributed by atoms with E-state index in [1.165, 1.54) is 24.4 Å². The molecule has 2 rings (SSSR count). The van der Waals surface area contributed by atoms with Crippen LogP contribution in [0.25, 0.3) is 0 Å². The quantitative estimate of drug-likeness (QED) is 0.872. The summed E-state index contributed by atoms with van der Waals surface area (Å²) in [4.78, 5) is 7.17. The Bertz CT molecular complexity index is 379. The van der Waals surface area contributed by atoms with Crippen molar-refractivity contribution in [3.63, 3.8) is 0 Å². The molecule has 1 fully saturated rings. The molecule has 4 unspecified atom stereocenters. The number of hydrogen-bond donors (Lipinski definition) is 1. The maximum absolute atomic E-state index is 4.48. The third-order valence-corrected chi connectivity index (χ3v) is 5.75. The Labute approximate surface area is 127 Å². The largest absolute Gasteiger partial charge is 0.311 e. The number of hydrogen-bond acceptors (Lipinski definition) is 4. The zero-order valence-electron chi connectivity index (χ0n) is 13.3. The van der Waals surface area contributed by atoms with Crippen LogP contribution >= 0.6 is 11.3 Å². The van der Waals surface area contributed by atoms with Gasteiger partial charge in [-0.05, 0) is 12.3 Å². The summed E-state index contributed by atoms with van der Waals surface area (Å²) < 4.78 is 0. The molecule has 20 heavy (non-hydrogen) atoms. The normalized spacial score (nSPS) is 27.4. The lowest BCUT2D eigenvalue weighted by molar-refractivity contribution is 0.101. The average Bonchev–Trinajstić information content (AvgIpc) is 3.00. The summed E-state index contributed by atoms with van der Waals surface area (Å²) in [6, 6.07) is 1.32. The smallest absolute Gasteiger partial charge is 0.0965 e. The fourth-order valence-corrected chi connectivity index (χ4v) is 3.77. The summed E-state index contributed by atoms with van der Waals surface area (Å²) >= 11 is 1.79. The number of thiazole rings is 1. The van der Waals surface area contributed by atoms with Crippen molar-refractivity contribution in [2.75, 3.05) is 19.6 Å². The van der Waals surface area contributed by atoms with Crippen LogP contribution < -0.4 is 5.32 Å². The molecule has 1 saturated heterocycles. The van der Waals surface area contributed by atoms with Gasteiger partial charge in [0.2, 0.25) is 0 Å². The molecule has 1 aliphatic heterocycles. The predicted octanol–water partition coefficient (Wildman–Crippen LogP) is 3.35. The Morgan fingerprint density at radius 1 is 1.45 bits per heavy atom. The number of aromatic nitrogens is 1. The van der Waals surface area contributed by atoms with Crippen LogP contribution in [0.5, 0.6) is 0 Å². The maximum atomic E-state index is 4.48. The second kappa shape index (κ2) is 7.53. The van der Waals surface area contributed by atoms with Crippen LogP contribution in [0.1, 0.15) is 51.5 Å². The van der Waals surface area contributed by atoms with Gasteiger partial charge in [-0.3, -0.25) is 4.90 Å². The lowest BCUT2D eigenvalue weighted by atomic mass is 9.94. The van der Waals surface area contributed by atoms with E-state index in [0.717, 1.165) is 19.0 Å². The van der Waals surface area contributed by atoms with Gasteiger partial charge in [0.25, 0.3) is 0 Å². The second-order valence-corrected chi connectivity index (χ2v) is 7.11. The fraction of sp³-hybridized carbons (Fsp3) is 0.812. The zero-order chi connectivity index (χ0) is 14.5. The molecule has 0 bridgehead atoms. The minimum atomic E-state index is 0.541. The monoisotopic (exact) mass is 295 g/mol. The number of nitrogens with one attached hydrogen (secondary N) is 1. The average molecular weight is 295 g/mol. The van der Waals surface area contributed by atoms with E-state index in [2.05, 4.69) is 48.3 Å². The highest BCUT2D eigenvalue weighted by Crippen LogP contribution is 2.23. The Hall–Kier alpha value is -0.450. The van der Waals surface area contributed by atoms with Crippen molar-refractivity contribution in [3.8, 4) is 0 Å². The first-order valence-electron chi connectivity index (χ1n) is 8.02. The van der Waals surface area contributed by atoms with Crippen molar-refractivity contribution < 1.29 is 0 Å². The number of piperazine rings is 1. The van der Waals surface area contributed by atoms with Crippen molar-refractivity contribution in [3.05, 3.63) is 16.6 Å². The van der Waals surface area contributed by atoms with Crippen molar-refractivity contribution in [1.29, 1.82) is 0 Å². The highest BCUT2D eigenvalue weighted by Gasteiger charge is 2.30. The fourth-order valence-electron chi connectivity index (χ4n) is 3.08. The van der Waals surface area contributed by atoms with E-state index in [1.807, 2.05) is 6.20 Å². The second-order valence-electron chi connectivity index (χ2n) is 6.19. The van der Waals surface area contributed by atoms with Gasteiger partial charge >= 0.3 is 0 Å². The van der Waals surface area contributed by atoms with E-state index in [4.69, 9.17) is 0 Å². The highest BCUT2D eigenvalue weighted by atomic mass is 32.1. The summed E-state index contributed by atoms with van der Waals surface area (Å²) in [6.07, 6.45) is 4.41. The first-order chi connectivity index (χ1) is 9.65. The van der Waals surface area contributed by atoms with Gasteiger partial charge in [-0.2, -0.15) is 0 Å². The maximum Gasteiger partial charge on any atom is 0.0965 e. The van der Waals surface area contributed by atoms with Gasteiger partial charge in [0.05, 0.1) is 5.01 Å². The Balaban J connectivity index is 1.98. The van der Waals surface area contributed by atoms with Crippen molar-refractivity contribution in [2.24, 2.45) is 5.92 Å². The molecule has 2 heterocycles. The van der Waals surface area contributed by atoms with E-state index in [-0.39, 0.29) is 0 Å². The molecule has 1 aromatic heterocycles. The Kier molecular flexibility index (Phi) is 6.00. The molecule has 0 saturated carbocycles. The summed E-state index contributed by atoms with van der Waals surface area (Å²) in [5.74, 6) is 1.30. The topological polar surface area (TPSA) is 28.2 Å². The van der Waals surface area contributed by atoms with Crippen LogP contribution in [0, 0.1) is 5.92 Å². The van der Waals surface area contributed by atoms with E-state index < -0.39 is 0 Å². The van der Waals surface area contributed by atoms with Crippen molar-refractivity contribution in [1.82, 2.24) is 15.2 Å². The van der Waals surface area contributed by atoms with Crippen LogP contribution in [0.3, 0.4) is 0 Å². The van der Waals surface area contributed by atoms with Gasteiger partial charge < -0.3 is 5.32 Å². The summed E-state index contributed by atoms with van der Waals surface area (Å²) in [5.41, 5.74) is 0. The summed E-state index contributed by atoms with van der Waals surface area (Å²) in [7, 11) is 0. The molecule has 3 nitrogen and oxygen atoms in total. The molecular formula is C16H29N3S. The molecule has 0 spiro atoms. The van der Waals surface area contributed by atoms with Crippen LogP contribution in [0.15, 0.2) is 11.6 Å². The van der Waals surface area contributed by atoms with Crippen molar-refractivity contribution >= 4 is 11.3 Å². The summed E-state index contributed by atoms with van der Waals surface area (Å²) in [5, 5.41) is 7.12. The number of rotatable bonds is 6. The van der Waals surface area contributed by atoms with Crippen LogP contribution in [-0.2, 0) is 0 Å². The molecule has 4 heteroatoms. The van der Waals surface area contributed by atoms with E-state index >= 15 is 0 Å². The molecule has 1 aliphatic rings. The lowest BCUT2D eigenvalue weighted by Gasteiger charge is -2.43. The van der Waals surface area contributed by atoms with Gasteiger partial charge in [0.15, 0.2) is 0 Å². The van der Waals surface area contributed by atoms with E-state index in [9.17, 15) is 0 Å². The first kappa shape index (κ1) is 15.9. The first-order valence-corrected chi connectivity index (χ1v) is 8.90. The van der Waals surface area contributed by atoms with Gasteiger partial charge in [-0.15, -0.1) is 11.3 Å². The molecule has 0 aliphatic carbocycles. The standard InChI is InChI=1S/C16H29N3S/c1-5-12(3)15-11-19(14(6-2)9-18-15)10-13(4)16-17-7-8-20-16/h7-8,12-15,18H,5-6,9-11H2,1-4H3. The summed E-state index contributed by atoms with van der Waals surface area (Å²) in [6.45, 7) is 12.7. The zero-order valence-corrected chi connectivity index (χ0v) is 14.1. The van der Waals surface area contributed by atoms with Gasteiger partial charge in [-0.1, -0.05) is 34.1 Å². The SMILES string of the molecule is CCC(C)C1CN(CC(C)c2nccs2)C(CC)CN1. The third-order valence-electron chi connectivity index (χ3n) is 4.75. The predicted molar refractivity (Wildman–Crippen MR) is 87.4 cm³/mol. The molecule has 1 N–H and O–H groups in total. The minimum Gasteiger partial charge on any atom is -0.311 e.